The van der Waals surface area contributed by atoms with Crippen LogP contribution in [0.2, 0.25) is 0 Å². The Kier molecular flexibility index (Phi) is 6.30. The number of hydrogen-bond acceptors (Lipinski definition) is 4. The molecule has 2 N–H and O–H groups in total. The van der Waals surface area contributed by atoms with Gasteiger partial charge in [0.2, 0.25) is 11.8 Å². The van der Waals surface area contributed by atoms with Crippen molar-refractivity contribution in [3.05, 3.63) is 36.0 Å². The number of aromatic nitrogens is 1. The van der Waals surface area contributed by atoms with E-state index in [2.05, 4.69) is 75.5 Å². The summed E-state index contributed by atoms with van der Waals surface area (Å²) < 4.78 is 2.15. The van der Waals surface area contributed by atoms with E-state index in [1.165, 1.54) is 16.5 Å². The van der Waals surface area contributed by atoms with E-state index in [9.17, 15) is 9.59 Å². The highest BCUT2D eigenvalue weighted by atomic mass is 16.2. The van der Waals surface area contributed by atoms with Crippen molar-refractivity contribution in [1.82, 2.24) is 25.0 Å². The highest BCUT2D eigenvalue weighted by Gasteiger charge is 2.45. The maximum Gasteiger partial charge on any atom is 0.239 e. The standard InChI is InChI=1S/C24H31N5O2/c1-4-12-25-22(30)10-9-18-14-26-24(31)23-21(28(18)3)11-13-29(23)16-17-15-27(2)20-8-6-5-7-19(17)20/h1,5-8,15,18,21,23H,9-14,16H2,2-3H3,(H,25,30)(H,26,31)/t18-,21+,23-/m0/s1. The third-order valence-corrected chi connectivity index (χ3v) is 6.79. The zero-order chi connectivity index (χ0) is 22.0. The van der Waals surface area contributed by atoms with E-state index in [-0.39, 0.29) is 36.5 Å². The normalized spacial score (nSPS) is 24.4. The second-order valence-electron chi connectivity index (χ2n) is 8.64. The summed E-state index contributed by atoms with van der Waals surface area (Å²) in [6.45, 7) is 2.45. The number of likely N-dealkylation sites (N-methyl/N-ethyl adjacent to an activating group) is 1. The molecule has 7 heteroatoms. The first-order valence-corrected chi connectivity index (χ1v) is 11.0. The molecule has 2 saturated heterocycles. The lowest BCUT2D eigenvalue weighted by atomic mass is 10.0. The number of rotatable bonds is 6. The number of aryl methyl sites for hydroxylation is 1. The minimum atomic E-state index is -0.177. The van der Waals surface area contributed by atoms with Gasteiger partial charge in [0, 0.05) is 62.3 Å². The van der Waals surface area contributed by atoms with Crippen LogP contribution in [0.4, 0.5) is 0 Å². The summed E-state index contributed by atoms with van der Waals surface area (Å²) >= 11 is 0. The number of para-hydroxylation sites is 1. The van der Waals surface area contributed by atoms with Crippen LogP contribution in [-0.4, -0.2) is 71.0 Å². The van der Waals surface area contributed by atoms with Gasteiger partial charge in [-0.2, -0.15) is 0 Å². The Labute approximate surface area is 183 Å². The quantitative estimate of drug-likeness (QED) is 0.685. The predicted molar refractivity (Wildman–Crippen MR) is 121 cm³/mol. The third kappa shape index (κ3) is 4.32. The molecule has 0 spiro atoms. The fourth-order valence-electron chi connectivity index (χ4n) is 5.13. The summed E-state index contributed by atoms with van der Waals surface area (Å²) in [5.41, 5.74) is 2.46. The fourth-order valence-corrected chi connectivity index (χ4v) is 5.13. The maximum atomic E-state index is 13.0. The van der Waals surface area contributed by atoms with E-state index in [0.29, 0.717) is 19.4 Å². The van der Waals surface area contributed by atoms with Crippen LogP contribution >= 0.6 is 0 Å². The van der Waals surface area contributed by atoms with E-state index in [4.69, 9.17) is 6.42 Å². The van der Waals surface area contributed by atoms with Gasteiger partial charge < -0.3 is 15.2 Å². The molecule has 0 radical (unpaired) electrons. The lowest BCUT2D eigenvalue weighted by Gasteiger charge is -2.33. The van der Waals surface area contributed by atoms with Gasteiger partial charge >= 0.3 is 0 Å². The van der Waals surface area contributed by atoms with Gasteiger partial charge in [-0.05, 0) is 31.5 Å². The summed E-state index contributed by atoms with van der Waals surface area (Å²) in [6.07, 6.45) is 9.42. The van der Waals surface area contributed by atoms with Gasteiger partial charge in [0.25, 0.3) is 0 Å². The molecule has 31 heavy (non-hydrogen) atoms. The predicted octanol–water partition coefficient (Wildman–Crippen LogP) is 1.08. The molecule has 0 saturated carbocycles. The third-order valence-electron chi connectivity index (χ3n) is 6.79. The van der Waals surface area contributed by atoms with Gasteiger partial charge in [0.1, 0.15) is 6.04 Å². The van der Waals surface area contributed by atoms with Crippen molar-refractivity contribution in [1.29, 1.82) is 0 Å². The molecule has 0 bridgehead atoms. The second kappa shape index (κ2) is 9.13. The van der Waals surface area contributed by atoms with Crippen LogP contribution in [0.5, 0.6) is 0 Å². The summed E-state index contributed by atoms with van der Waals surface area (Å²) in [6, 6.07) is 8.50. The van der Waals surface area contributed by atoms with Gasteiger partial charge in [-0.3, -0.25) is 19.4 Å². The van der Waals surface area contributed by atoms with Gasteiger partial charge in [0.15, 0.2) is 0 Å². The SMILES string of the molecule is C#CCNC(=O)CC[C@H]1CNC(=O)[C@@H]2[C@@H](CCN2Cc2cn(C)c3ccccc23)N1C. The minimum Gasteiger partial charge on any atom is -0.353 e. The van der Waals surface area contributed by atoms with Crippen LogP contribution < -0.4 is 10.6 Å². The molecule has 1 aromatic carbocycles. The summed E-state index contributed by atoms with van der Waals surface area (Å²) in [5, 5.41) is 7.09. The van der Waals surface area contributed by atoms with Crippen molar-refractivity contribution >= 4 is 22.7 Å². The Morgan fingerprint density at radius 3 is 2.94 bits per heavy atom. The van der Waals surface area contributed by atoms with E-state index < -0.39 is 0 Å². The molecule has 7 nitrogen and oxygen atoms in total. The molecule has 2 aromatic rings. The van der Waals surface area contributed by atoms with Crippen LogP contribution in [0, 0.1) is 12.3 Å². The zero-order valence-corrected chi connectivity index (χ0v) is 18.3. The molecule has 2 fully saturated rings. The van der Waals surface area contributed by atoms with Crippen LogP contribution in [0.15, 0.2) is 30.5 Å². The Morgan fingerprint density at radius 2 is 2.13 bits per heavy atom. The molecular weight excluding hydrogens is 390 g/mol. The second-order valence-corrected chi connectivity index (χ2v) is 8.64. The Hall–Kier alpha value is -2.82. The topological polar surface area (TPSA) is 69.6 Å². The highest BCUT2D eigenvalue weighted by molar-refractivity contribution is 5.85. The van der Waals surface area contributed by atoms with Gasteiger partial charge in [0.05, 0.1) is 6.54 Å². The average molecular weight is 422 g/mol. The number of carbonyl (C=O) groups is 2. The molecule has 164 valence electrons. The molecule has 0 unspecified atom stereocenters. The van der Waals surface area contributed by atoms with Gasteiger partial charge in [-0.1, -0.05) is 24.1 Å². The van der Waals surface area contributed by atoms with Crippen LogP contribution in [0.1, 0.15) is 24.8 Å². The molecule has 2 aliphatic heterocycles. The molecule has 1 aromatic heterocycles. The Bertz CT molecular complexity index is 1010. The molecule has 2 amide bonds. The van der Waals surface area contributed by atoms with Crippen molar-refractivity contribution in [2.75, 3.05) is 26.7 Å². The molecule has 3 heterocycles. The largest absolute Gasteiger partial charge is 0.353 e. The highest BCUT2D eigenvalue weighted by Crippen LogP contribution is 2.30. The van der Waals surface area contributed by atoms with Crippen LogP contribution in [0.3, 0.4) is 0 Å². The summed E-state index contributed by atoms with van der Waals surface area (Å²) in [5.74, 6) is 2.47. The first-order chi connectivity index (χ1) is 15.0. The number of fused-ring (bicyclic) bond motifs is 2. The van der Waals surface area contributed by atoms with Gasteiger partial charge in [-0.15, -0.1) is 6.42 Å². The molecule has 4 rings (SSSR count). The summed E-state index contributed by atoms with van der Waals surface area (Å²) in [4.78, 5) is 29.6. The van der Waals surface area contributed by atoms with Crippen molar-refractivity contribution in [2.24, 2.45) is 7.05 Å². The van der Waals surface area contributed by atoms with Crippen molar-refractivity contribution in [3.63, 3.8) is 0 Å². The first kappa shape index (κ1) is 21.4. The van der Waals surface area contributed by atoms with Crippen LogP contribution in [0.25, 0.3) is 10.9 Å². The monoisotopic (exact) mass is 421 g/mol. The molecular formula is C24H31N5O2. The van der Waals surface area contributed by atoms with Gasteiger partial charge in [-0.25, -0.2) is 0 Å². The number of amides is 2. The van der Waals surface area contributed by atoms with Crippen molar-refractivity contribution in [3.8, 4) is 12.3 Å². The number of terminal acetylenes is 1. The number of nitrogens with zero attached hydrogens (tertiary/aromatic N) is 3. The average Bonchev–Trinajstić information content (AvgIpc) is 3.30. The lowest BCUT2D eigenvalue weighted by Crippen LogP contribution is -2.49. The number of benzene rings is 1. The van der Waals surface area contributed by atoms with Crippen molar-refractivity contribution < 1.29 is 9.59 Å². The molecule has 0 aliphatic carbocycles. The number of hydrogen-bond donors (Lipinski definition) is 2. The minimum absolute atomic E-state index is 0.0394. The summed E-state index contributed by atoms with van der Waals surface area (Å²) in [7, 11) is 4.15. The zero-order valence-electron chi connectivity index (χ0n) is 18.3. The number of likely N-dealkylation sites (tertiary alicyclic amines) is 1. The van der Waals surface area contributed by atoms with E-state index in [0.717, 1.165) is 19.5 Å². The lowest BCUT2D eigenvalue weighted by molar-refractivity contribution is -0.126. The van der Waals surface area contributed by atoms with E-state index in [1.54, 1.807) is 0 Å². The molecule has 3 atom stereocenters. The van der Waals surface area contributed by atoms with Crippen LogP contribution in [-0.2, 0) is 23.2 Å². The number of carbonyl (C=O) groups excluding carboxylic acids is 2. The smallest absolute Gasteiger partial charge is 0.239 e. The van der Waals surface area contributed by atoms with E-state index >= 15 is 0 Å². The molecule has 2 aliphatic rings. The maximum absolute atomic E-state index is 13.0. The van der Waals surface area contributed by atoms with E-state index in [1.807, 2.05) is 0 Å². The Balaban J connectivity index is 1.46. The first-order valence-electron chi connectivity index (χ1n) is 11.0. The Morgan fingerprint density at radius 1 is 1.32 bits per heavy atom. The fraction of sp³-hybridized carbons (Fsp3) is 0.500. The number of nitrogens with one attached hydrogen (secondary N) is 2. The van der Waals surface area contributed by atoms with Crippen molar-refractivity contribution in [2.45, 2.75) is 43.9 Å².